The fraction of sp³-hybridized carbons (Fsp3) is 0.500. The van der Waals surface area contributed by atoms with Crippen molar-refractivity contribution in [3.8, 4) is 5.75 Å². The zero-order valence-corrected chi connectivity index (χ0v) is 11.1. The number of hydrogen-bond donors (Lipinski definition) is 3. The summed E-state index contributed by atoms with van der Waals surface area (Å²) in [4.78, 5) is 0. The van der Waals surface area contributed by atoms with Gasteiger partial charge in [0.15, 0.2) is 0 Å². The van der Waals surface area contributed by atoms with E-state index in [1.807, 2.05) is 19.1 Å². The van der Waals surface area contributed by atoms with Gasteiger partial charge >= 0.3 is 0 Å². The fourth-order valence-electron chi connectivity index (χ4n) is 1.80. The summed E-state index contributed by atoms with van der Waals surface area (Å²) >= 11 is 6.11. The number of aliphatic hydroxyl groups is 1. The molecule has 17 heavy (non-hydrogen) atoms. The molecule has 0 bridgehead atoms. The van der Waals surface area contributed by atoms with Crippen LogP contribution in [0.3, 0.4) is 0 Å². The van der Waals surface area contributed by atoms with Crippen LogP contribution < -0.4 is 15.8 Å². The highest BCUT2D eigenvalue weighted by molar-refractivity contribution is 6.31. The molecule has 96 valence electrons. The lowest BCUT2D eigenvalue weighted by molar-refractivity contribution is 0.238. The summed E-state index contributed by atoms with van der Waals surface area (Å²) in [6, 6.07) is 3.08. The SMILES string of the molecule is CNC(c1cc(Cl)c(C)cc1OC)C(N)CO. The average molecular weight is 259 g/mol. The van der Waals surface area contributed by atoms with Crippen molar-refractivity contribution in [1.82, 2.24) is 5.32 Å². The third-order valence-electron chi connectivity index (χ3n) is 2.80. The predicted octanol–water partition coefficient (Wildman–Crippen LogP) is 1.24. The first-order valence-electron chi connectivity index (χ1n) is 5.42. The van der Waals surface area contributed by atoms with Gasteiger partial charge in [-0.1, -0.05) is 11.6 Å². The van der Waals surface area contributed by atoms with E-state index in [4.69, 9.17) is 27.2 Å². The number of rotatable bonds is 5. The zero-order chi connectivity index (χ0) is 13.0. The summed E-state index contributed by atoms with van der Waals surface area (Å²) in [6.07, 6.45) is 0. The van der Waals surface area contributed by atoms with Crippen LogP contribution in [-0.2, 0) is 0 Å². The van der Waals surface area contributed by atoms with Gasteiger partial charge in [0, 0.05) is 16.6 Å². The van der Waals surface area contributed by atoms with E-state index in [-0.39, 0.29) is 12.6 Å². The number of likely N-dealkylation sites (N-methyl/N-ethyl adjacent to an activating group) is 1. The van der Waals surface area contributed by atoms with Crippen molar-refractivity contribution in [1.29, 1.82) is 0 Å². The summed E-state index contributed by atoms with van der Waals surface area (Å²) in [5, 5.41) is 12.9. The molecular formula is C12H19ClN2O2. The number of hydrogen-bond acceptors (Lipinski definition) is 4. The highest BCUT2D eigenvalue weighted by atomic mass is 35.5. The number of halogens is 1. The van der Waals surface area contributed by atoms with Gasteiger partial charge in [-0.3, -0.25) is 0 Å². The molecule has 0 spiro atoms. The van der Waals surface area contributed by atoms with Crippen molar-refractivity contribution in [2.75, 3.05) is 20.8 Å². The molecule has 4 N–H and O–H groups in total. The molecule has 2 atom stereocenters. The van der Waals surface area contributed by atoms with Crippen LogP contribution >= 0.6 is 11.6 Å². The molecule has 5 heteroatoms. The van der Waals surface area contributed by atoms with Gasteiger partial charge in [0.2, 0.25) is 0 Å². The van der Waals surface area contributed by atoms with Crippen LogP contribution in [0.4, 0.5) is 0 Å². The van der Waals surface area contributed by atoms with E-state index in [1.165, 1.54) is 0 Å². The highest BCUT2D eigenvalue weighted by Crippen LogP contribution is 2.31. The van der Waals surface area contributed by atoms with Gasteiger partial charge in [0.1, 0.15) is 5.75 Å². The molecule has 1 aromatic carbocycles. The molecule has 0 radical (unpaired) electrons. The Morgan fingerprint density at radius 2 is 2.18 bits per heavy atom. The minimum Gasteiger partial charge on any atom is -0.496 e. The normalized spacial score (nSPS) is 14.5. The number of nitrogens with one attached hydrogen (secondary N) is 1. The van der Waals surface area contributed by atoms with Gasteiger partial charge in [-0.25, -0.2) is 0 Å². The molecular weight excluding hydrogens is 240 g/mol. The number of methoxy groups -OCH3 is 1. The van der Waals surface area contributed by atoms with Crippen LogP contribution in [0.5, 0.6) is 5.75 Å². The Hall–Kier alpha value is -0.810. The molecule has 0 heterocycles. The topological polar surface area (TPSA) is 67.5 Å². The minimum absolute atomic E-state index is 0.111. The lowest BCUT2D eigenvalue weighted by Crippen LogP contribution is -2.39. The Morgan fingerprint density at radius 1 is 1.53 bits per heavy atom. The molecule has 0 saturated heterocycles. The molecule has 0 saturated carbocycles. The van der Waals surface area contributed by atoms with Crippen molar-refractivity contribution in [2.45, 2.75) is 19.0 Å². The quantitative estimate of drug-likeness (QED) is 0.743. The van der Waals surface area contributed by atoms with Crippen molar-refractivity contribution in [3.63, 3.8) is 0 Å². The van der Waals surface area contributed by atoms with Gasteiger partial charge in [-0.15, -0.1) is 0 Å². The Kier molecular flexibility index (Phi) is 5.21. The van der Waals surface area contributed by atoms with Crippen molar-refractivity contribution >= 4 is 11.6 Å². The minimum atomic E-state index is -0.410. The Bertz CT molecular complexity index is 385. The molecule has 4 nitrogen and oxygen atoms in total. The molecule has 0 aromatic heterocycles. The van der Waals surface area contributed by atoms with Crippen LogP contribution in [0.1, 0.15) is 17.2 Å². The fourth-order valence-corrected chi connectivity index (χ4v) is 1.97. The van der Waals surface area contributed by atoms with Crippen molar-refractivity contribution in [3.05, 3.63) is 28.3 Å². The lowest BCUT2D eigenvalue weighted by atomic mass is 9.98. The first-order valence-corrected chi connectivity index (χ1v) is 5.80. The van der Waals surface area contributed by atoms with Crippen LogP contribution in [0.15, 0.2) is 12.1 Å². The first-order chi connectivity index (χ1) is 8.04. The van der Waals surface area contributed by atoms with E-state index in [9.17, 15) is 0 Å². The molecule has 1 rings (SSSR count). The maximum absolute atomic E-state index is 9.15. The number of aryl methyl sites for hydroxylation is 1. The largest absolute Gasteiger partial charge is 0.496 e. The number of aliphatic hydroxyl groups excluding tert-OH is 1. The monoisotopic (exact) mass is 258 g/mol. The molecule has 0 amide bonds. The molecule has 2 unspecified atom stereocenters. The third-order valence-corrected chi connectivity index (χ3v) is 3.20. The summed E-state index contributed by atoms with van der Waals surface area (Å²) in [5.74, 6) is 0.718. The van der Waals surface area contributed by atoms with Crippen molar-refractivity contribution < 1.29 is 9.84 Å². The smallest absolute Gasteiger partial charge is 0.124 e. The van der Waals surface area contributed by atoms with E-state index in [1.54, 1.807) is 14.2 Å². The van der Waals surface area contributed by atoms with Crippen LogP contribution in [0, 0.1) is 6.92 Å². The second-order valence-electron chi connectivity index (χ2n) is 3.96. The third kappa shape index (κ3) is 3.10. The van der Waals surface area contributed by atoms with E-state index in [2.05, 4.69) is 5.32 Å². The molecule has 0 aliphatic heterocycles. The summed E-state index contributed by atoms with van der Waals surface area (Å²) in [6.45, 7) is 1.80. The number of benzene rings is 1. The Labute approximate surface area is 107 Å². The van der Waals surface area contributed by atoms with Crippen LogP contribution in [-0.4, -0.2) is 31.9 Å². The van der Waals surface area contributed by atoms with E-state index in [0.717, 1.165) is 16.9 Å². The van der Waals surface area contributed by atoms with E-state index >= 15 is 0 Å². The van der Waals surface area contributed by atoms with Crippen LogP contribution in [0.25, 0.3) is 0 Å². The van der Waals surface area contributed by atoms with E-state index < -0.39 is 6.04 Å². The van der Waals surface area contributed by atoms with Gasteiger partial charge < -0.3 is 20.9 Å². The average Bonchev–Trinajstić information content (AvgIpc) is 2.33. The highest BCUT2D eigenvalue weighted by Gasteiger charge is 2.21. The molecule has 1 aromatic rings. The zero-order valence-electron chi connectivity index (χ0n) is 10.3. The van der Waals surface area contributed by atoms with Crippen LogP contribution in [0.2, 0.25) is 5.02 Å². The Morgan fingerprint density at radius 3 is 2.65 bits per heavy atom. The lowest BCUT2D eigenvalue weighted by Gasteiger charge is -2.24. The maximum Gasteiger partial charge on any atom is 0.124 e. The van der Waals surface area contributed by atoms with Gasteiger partial charge in [0.25, 0.3) is 0 Å². The maximum atomic E-state index is 9.15. The molecule has 0 aliphatic carbocycles. The number of nitrogens with two attached hydrogens (primary N) is 1. The predicted molar refractivity (Wildman–Crippen MR) is 69.6 cm³/mol. The summed E-state index contributed by atoms with van der Waals surface area (Å²) in [7, 11) is 3.39. The van der Waals surface area contributed by atoms with Crippen molar-refractivity contribution in [2.24, 2.45) is 5.73 Å². The Balaban J connectivity index is 3.22. The molecule has 0 aliphatic rings. The van der Waals surface area contributed by atoms with Gasteiger partial charge in [0.05, 0.1) is 19.8 Å². The second-order valence-corrected chi connectivity index (χ2v) is 4.36. The number of ether oxygens (including phenoxy) is 1. The van der Waals surface area contributed by atoms with Gasteiger partial charge in [-0.05, 0) is 31.7 Å². The summed E-state index contributed by atoms with van der Waals surface area (Å²) < 4.78 is 5.32. The second kappa shape index (κ2) is 6.21. The first kappa shape index (κ1) is 14.3. The summed E-state index contributed by atoms with van der Waals surface area (Å²) in [5.41, 5.74) is 7.66. The van der Waals surface area contributed by atoms with Gasteiger partial charge in [-0.2, -0.15) is 0 Å². The standard InChI is InChI=1S/C12H19ClN2O2/c1-7-4-11(17-3)8(5-9(7)13)12(15-2)10(14)6-16/h4-5,10,12,15-16H,6,14H2,1-3H3. The van der Waals surface area contributed by atoms with E-state index in [0.29, 0.717) is 5.02 Å². The molecule has 0 fully saturated rings.